The van der Waals surface area contributed by atoms with Crippen LogP contribution in [0.4, 0.5) is 11.5 Å². The van der Waals surface area contributed by atoms with Crippen molar-refractivity contribution in [3.05, 3.63) is 29.5 Å². The molecule has 0 atom stereocenters. The lowest BCUT2D eigenvalue weighted by molar-refractivity contribution is 0.0527. The maximum atomic E-state index is 11.7. The molecule has 3 N–H and O–H groups in total. The second-order valence-corrected chi connectivity index (χ2v) is 3.97. The van der Waals surface area contributed by atoms with Crippen LogP contribution < -0.4 is 11.1 Å². The summed E-state index contributed by atoms with van der Waals surface area (Å²) in [6.45, 7) is 4.05. The zero-order chi connectivity index (χ0) is 14.5. The maximum absolute atomic E-state index is 11.7. The van der Waals surface area contributed by atoms with Crippen molar-refractivity contribution in [1.29, 1.82) is 0 Å². The summed E-state index contributed by atoms with van der Waals surface area (Å²) in [7, 11) is 0. The highest BCUT2D eigenvalue weighted by molar-refractivity contribution is 5.95. The summed E-state index contributed by atoms with van der Waals surface area (Å²) in [4.78, 5) is 19.8. The van der Waals surface area contributed by atoms with Gasteiger partial charge in [0.2, 0.25) is 5.89 Å². The van der Waals surface area contributed by atoms with Crippen LogP contribution >= 0.6 is 0 Å². The first kappa shape index (κ1) is 13.8. The number of hydrogen-bond acceptors (Lipinski definition) is 8. The van der Waals surface area contributed by atoms with E-state index in [9.17, 15) is 4.79 Å². The smallest absolute Gasteiger partial charge is 0.340 e. The van der Waals surface area contributed by atoms with E-state index in [1.165, 1.54) is 12.3 Å². The van der Waals surface area contributed by atoms with E-state index in [1.54, 1.807) is 13.8 Å². The fourth-order valence-corrected chi connectivity index (χ4v) is 1.53. The molecule has 0 bridgehead atoms. The van der Waals surface area contributed by atoms with E-state index in [-0.39, 0.29) is 17.9 Å². The molecule has 2 aromatic rings. The fourth-order valence-electron chi connectivity index (χ4n) is 1.53. The number of nitrogen functional groups attached to an aromatic ring is 1. The lowest BCUT2D eigenvalue weighted by Gasteiger charge is -2.08. The zero-order valence-electron chi connectivity index (χ0n) is 11.2. The SMILES string of the molecule is CCOC(=O)c1cc(NCc2nc(C)no2)ncc1N. The highest BCUT2D eigenvalue weighted by Gasteiger charge is 2.12. The lowest BCUT2D eigenvalue weighted by atomic mass is 10.2. The van der Waals surface area contributed by atoms with Crippen LogP contribution in [-0.4, -0.2) is 27.7 Å². The highest BCUT2D eigenvalue weighted by Crippen LogP contribution is 2.16. The van der Waals surface area contributed by atoms with Crippen LogP contribution in [-0.2, 0) is 11.3 Å². The number of rotatable bonds is 5. The summed E-state index contributed by atoms with van der Waals surface area (Å²) >= 11 is 0. The van der Waals surface area contributed by atoms with Gasteiger partial charge in [-0.1, -0.05) is 5.16 Å². The number of anilines is 2. The molecule has 2 heterocycles. The van der Waals surface area contributed by atoms with Gasteiger partial charge in [-0.15, -0.1) is 0 Å². The summed E-state index contributed by atoms with van der Waals surface area (Å²) in [5, 5.41) is 6.64. The van der Waals surface area contributed by atoms with Gasteiger partial charge in [0.25, 0.3) is 0 Å². The van der Waals surface area contributed by atoms with Crippen molar-refractivity contribution in [3.63, 3.8) is 0 Å². The molecule has 0 saturated carbocycles. The first-order chi connectivity index (χ1) is 9.60. The molecule has 0 saturated heterocycles. The van der Waals surface area contributed by atoms with Crippen LogP contribution in [0.15, 0.2) is 16.8 Å². The third-order valence-electron chi connectivity index (χ3n) is 2.42. The lowest BCUT2D eigenvalue weighted by Crippen LogP contribution is -2.10. The second-order valence-electron chi connectivity index (χ2n) is 3.97. The van der Waals surface area contributed by atoms with Gasteiger partial charge in [0.1, 0.15) is 5.82 Å². The Balaban J connectivity index is 2.08. The number of carbonyl (C=O) groups excluding carboxylic acids is 1. The quantitative estimate of drug-likeness (QED) is 0.781. The first-order valence-corrected chi connectivity index (χ1v) is 6.06. The summed E-state index contributed by atoms with van der Waals surface area (Å²) in [5.74, 6) is 0.972. The summed E-state index contributed by atoms with van der Waals surface area (Å²) < 4.78 is 9.87. The number of ether oxygens (including phenoxy) is 1. The Kier molecular flexibility index (Phi) is 4.14. The van der Waals surface area contributed by atoms with Crippen molar-refractivity contribution in [2.24, 2.45) is 0 Å². The molecule has 0 fully saturated rings. The molecule has 0 amide bonds. The Bertz CT molecular complexity index is 611. The normalized spacial score (nSPS) is 10.3. The Morgan fingerprint density at radius 2 is 2.35 bits per heavy atom. The molecule has 0 radical (unpaired) electrons. The third kappa shape index (κ3) is 3.22. The molecule has 0 spiro atoms. The van der Waals surface area contributed by atoms with Gasteiger partial charge >= 0.3 is 5.97 Å². The average molecular weight is 277 g/mol. The van der Waals surface area contributed by atoms with Gasteiger partial charge in [0.15, 0.2) is 5.82 Å². The molecule has 20 heavy (non-hydrogen) atoms. The predicted octanol–water partition coefficient (Wildman–Crippen LogP) is 1.14. The number of nitrogens with zero attached hydrogens (tertiary/aromatic N) is 3. The second kappa shape index (κ2) is 6.00. The van der Waals surface area contributed by atoms with Gasteiger partial charge in [-0.3, -0.25) is 0 Å². The van der Waals surface area contributed by atoms with E-state index in [0.717, 1.165) is 0 Å². The number of nitrogens with one attached hydrogen (secondary N) is 1. The minimum atomic E-state index is -0.482. The minimum absolute atomic E-state index is 0.266. The van der Waals surface area contributed by atoms with Gasteiger partial charge in [-0.2, -0.15) is 4.98 Å². The van der Waals surface area contributed by atoms with E-state index >= 15 is 0 Å². The van der Waals surface area contributed by atoms with Crippen molar-refractivity contribution in [3.8, 4) is 0 Å². The molecular formula is C12H15N5O3. The number of pyridine rings is 1. The molecule has 0 aliphatic rings. The zero-order valence-corrected chi connectivity index (χ0v) is 11.2. The molecule has 0 aliphatic heterocycles. The number of hydrogen-bond donors (Lipinski definition) is 2. The molecule has 8 nitrogen and oxygen atoms in total. The van der Waals surface area contributed by atoms with Gasteiger partial charge in [-0.25, -0.2) is 9.78 Å². The standard InChI is InChI=1S/C12H15N5O3/c1-3-19-12(18)8-4-10(14-5-9(8)13)15-6-11-16-7(2)17-20-11/h4-5H,3,6,13H2,1-2H3,(H,14,15). The number of esters is 1. The highest BCUT2D eigenvalue weighted by atomic mass is 16.5. The molecule has 0 aromatic carbocycles. The van der Waals surface area contributed by atoms with Crippen LogP contribution in [0.25, 0.3) is 0 Å². The molecule has 2 rings (SSSR count). The number of carbonyl (C=O) groups is 1. The van der Waals surface area contributed by atoms with Crippen LogP contribution in [0.2, 0.25) is 0 Å². The van der Waals surface area contributed by atoms with Gasteiger partial charge in [0.05, 0.1) is 30.6 Å². The average Bonchev–Trinajstić information content (AvgIpc) is 2.84. The molecule has 0 aliphatic carbocycles. The Morgan fingerprint density at radius 3 is 3.00 bits per heavy atom. The first-order valence-electron chi connectivity index (χ1n) is 6.06. The van der Waals surface area contributed by atoms with Gasteiger partial charge in [0, 0.05) is 0 Å². The van der Waals surface area contributed by atoms with Crippen LogP contribution in [0.3, 0.4) is 0 Å². The van der Waals surface area contributed by atoms with E-state index in [4.69, 9.17) is 15.0 Å². The van der Waals surface area contributed by atoms with Crippen molar-refractivity contribution in [2.45, 2.75) is 20.4 Å². The summed E-state index contributed by atoms with van der Waals surface area (Å²) in [6.07, 6.45) is 1.40. The largest absolute Gasteiger partial charge is 0.462 e. The molecule has 2 aromatic heterocycles. The van der Waals surface area contributed by atoms with Crippen LogP contribution in [0, 0.1) is 6.92 Å². The van der Waals surface area contributed by atoms with E-state index < -0.39 is 5.97 Å². The number of aryl methyl sites for hydroxylation is 1. The van der Waals surface area contributed by atoms with Crippen molar-refractivity contribution < 1.29 is 14.1 Å². The Labute approximate surface area is 115 Å². The third-order valence-corrected chi connectivity index (χ3v) is 2.42. The molecule has 8 heteroatoms. The molecule has 0 unspecified atom stereocenters. The van der Waals surface area contributed by atoms with Crippen molar-refractivity contribution in [1.82, 2.24) is 15.1 Å². The minimum Gasteiger partial charge on any atom is -0.462 e. The van der Waals surface area contributed by atoms with Gasteiger partial charge in [-0.05, 0) is 19.9 Å². The van der Waals surface area contributed by atoms with Crippen LogP contribution in [0.5, 0.6) is 0 Å². The topological polar surface area (TPSA) is 116 Å². The monoisotopic (exact) mass is 277 g/mol. The maximum Gasteiger partial charge on any atom is 0.340 e. The van der Waals surface area contributed by atoms with Crippen molar-refractivity contribution >= 4 is 17.5 Å². The van der Waals surface area contributed by atoms with Crippen LogP contribution in [0.1, 0.15) is 29.0 Å². The molecular weight excluding hydrogens is 262 g/mol. The number of nitrogens with two attached hydrogens (primary N) is 1. The summed E-state index contributed by atoms with van der Waals surface area (Å²) in [5.41, 5.74) is 6.24. The number of aromatic nitrogens is 3. The van der Waals surface area contributed by atoms with Gasteiger partial charge < -0.3 is 20.3 Å². The van der Waals surface area contributed by atoms with E-state index in [2.05, 4.69) is 20.4 Å². The Morgan fingerprint density at radius 1 is 1.55 bits per heavy atom. The van der Waals surface area contributed by atoms with E-state index in [0.29, 0.717) is 24.1 Å². The molecule has 106 valence electrons. The fraction of sp³-hybridized carbons (Fsp3) is 0.333. The Hall–Kier alpha value is -2.64. The van der Waals surface area contributed by atoms with Crippen molar-refractivity contribution in [2.75, 3.05) is 17.7 Å². The summed E-state index contributed by atoms with van der Waals surface area (Å²) in [6, 6.07) is 1.52. The predicted molar refractivity (Wildman–Crippen MR) is 71.0 cm³/mol. The van der Waals surface area contributed by atoms with E-state index in [1.807, 2.05) is 0 Å².